The average molecular weight is 559 g/mol. The summed E-state index contributed by atoms with van der Waals surface area (Å²) < 4.78 is 8.21. The maximum Gasteiger partial charge on any atom is 0.191 e. The number of nitrogens with zero attached hydrogens (tertiary/aromatic N) is 3. The van der Waals surface area contributed by atoms with E-state index in [-0.39, 0.29) is 30.1 Å². The molecule has 1 fully saturated rings. The minimum Gasteiger partial charge on any atom is -0.373 e. The van der Waals surface area contributed by atoms with Crippen LogP contribution in [-0.2, 0) is 11.3 Å². The highest BCUT2D eigenvalue weighted by atomic mass is 127. The lowest BCUT2D eigenvalue weighted by molar-refractivity contribution is -0.0265. The molecule has 3 aromatic rings. The SMILES string of the molecule is CCNC(=NCc1ccccc1-n1ccnc1)NCC1CCCOC1c1ccc(C)cc1.I. The molecule has 1 aromatic heterocycles. The third kappa shape index (κ3) is 6.80. The predicted molar refractivity (Wildman–Crippen MR) is 144 cm³/mol. The van der Waals surface area contributed by atoms with Crippen LogP contribution < -0.4 is 10.6 Å². The highest BCUT2D eigenvalue weighted by Gasteiger charge is 2.27. The summed E-state index contributed by atoms with van der Waals surface area (Å²) in [6, 6.07) is 17.0. The first-order valence-corrected chi connectivity index (χ1v) is 11.5. The number of para-hydroxylation sites is 1. The number of nitrogens with one attached hydrogen (secondary N) is 2. The molecule has 176 valence electrons. The summed E-state index contributed by atoms with van der Waals surface area (Å²) in [5, 5.41) is 6.95. The van der Waals surface area contributed by atoms with E-state index in [9.17, 15) is 0 Å². The van der Waals surface area contributed by atoms with E-state index < -0.39 is 0 Å². The van der Waals surface area contributed by atoms with Crippen LogP contribution in [-0.4, -0.2) is 35.2 Å². The first kappa shape index (κ1) is 25.2. The van der Waals surface area contributed by atoms with E-state index in [4.69, 9.17) is 9.73 Å². The highest BCUT2D eigenvalue weighted by molar-refractivity contribution is 14.0. The molecule has 7 heteroatoms. The Balaban J connectivity index is 0.00000306. The van der Waals surface area contributed by atoms with Crippen molar-refractivity contribution in [2.45, 2.75) is 39.3 Å². The molecule has 2 aromatic carbocycles. The number of aryl methyl sites for hydroxylation is 1. The van der Waals surface area contributed by atoms with Crippen molar-refractivity contribution >= 4 is 29.9 Å². The van der Waals surface area contributed by atoms with Gasteiger partial charge in [-0.3, -0.25) is 0 Å². The molecule has 0 saturated carbocycles. The number of aromatic nitrogens is 2. The summed E-state index contributed by atoms with van der Waals surface area (Å²) in [4.78, 5) is 9.04. The van der Waals surface area contributed by atoms with Gasteiger partial charge in [-0.2, -0.15) is 0 Å². The van der Waals surface area contributed by atoms with Crippen LogP contribution in [0.25, 0.3) is 5.69 Å². The summed E-state index contributed by atoms with van der Waals surface area (Å²) in [6.07, 6.45) is 7.94. The standard InChI is InChI=1S/C26H33N5O.HI/c1-3-28-26(29-17-22-7-4-5-9-24(22)31-15-14-27-19-31)30-18-23-8-6-16-32-25(23)21-12-10-20(2)11-13-21;/h4-5,7,9-15,19,23,25H,3,6,8,16-18H2,1-2H3,(H2,28,29,30);1H. The monoisotopic (exact) mass is 559 g/mol. The Bertz CT molecular complexity index is 1000. The second-order valence-electron chi connectivity index (χ2n) is 8.28. The average Bonchev–Trinajstić information content (AvgIpc) is 3.37. The largest absolute Gasteiger partial charge is 0.373 e. The van der Waals surface area contributed by atoms with Gasteiger partial charge in [0.25, 0.3) is 0 Å². The van der Waals surface area contributed by atoms with Crippen molar-refractivity contribution in [2.24, 2.45) is 10.9 Å². The lowest BCUT2D eigenvalue weighted by Crippen LogP contribution is -2.42. The van der Waals surface area contributed by atoms with Crippen LogP contribution >= 0.6 is 24.0 Å². The van der Waals surface area contributed by atoms with Crippen molar-refractivity contribution in [3.8, 4) is 5.69 Å². The van der Waals surface area contributed by atoms with Crippen LogP contribution in [0.2, 0.25) is 0 Å². The van der Waals surface area contributed by atoms with Gasteiger partial charge in [-0.25, -0.2) is 9.98 Å². The second kappa shape index (κ2) is 12.7. The Labute approximate surface area is 213 Å². The summed E-state index contributed by atoms with van der Waals surface area (Å²) in [5.41, 5.74) is 4.79. The fraction of sp³-hybridized carbons (Fsp3) is 0.385. The van der Waals surface area contributed by atoms with Crippen LogP contribution in [0.5, 0.6) is 0 Å². The molecule has 0 aliphatic carbocycles. The van der Waals surface area contributed by atoms with Crippen LogP contribution in [0, 0.1) is 12.8 Å². The Hall–Kier alpha value is -2.39. The van der Waals surface area contributed by atoms with Crippen LogP contribution in [0.15, 0.2) is 72.2 Å². The number of rotatable bonds is 7. The van der Waals surface area contributed by atoms with Crippen molar-refractivity contribution in [2.75, 3.05) is 19.7 Å². The van der Waals surface area contributed by atoms with E-state index in [0.717, 1.165) is 49.7 Å². The van der Waals surface area contributed by atoms with Crippen molar-refractivity contribution in [1.29, 1.82) is 0 Å². The summed E-state index contributed by atoms with van der Waals surface area (Å²) in [6.45, 7) is 7.27. The van der Waals surface area contributed by atoms with E-state index >= 15 is 0 Å². The third-order valence-electron chi connectivity index (χ3n) is 5.91. The number of imidazole rings is 1. The van der Waals surface area contributed by atoms with E-state index in [1.807, 2.05) is 23.2 Å². The number of aliphatic imine (C=N–C) groups is 1. The summed E-state index contributed by atoms with van der Waals surface area (Å²) in [5.74, 6) is 1.25. The quantitative estimate of drug-likeness (QED) is 0.243. The van der Waals surface area contributed by atoms with Crippen molar-refractivity contribution < 1.29 is 4.74 Å². The number of guanidine groups is 1. The molecular weight excluding hydrogens is 525 g/mol. The van der Waals surface area contributed by atoms with E-state index in [1.54, 1.807) is 6.20 Å². The van der Waals surface area contributed by atoms with E-state index in [2.05, 4.69) is 71.9 Å². The summed E-state index contributed by atoms with van der Waals surface area (Å²) >= 11 is 0. The van der Waals surface area contributed by atoms with E-state index in [1.165, 1.54) is 11.1 Å². The summed E-state index contributed by atoms with van der Waals surface area (Å²) in [7, 11) is 0. The van der Waals surface area contributed by atoms with Gasteiger partial charge in [-0.1, -0.05) is 48.0 Å². The van der Waals surface area contributed by atoms with Gasteiger partial charge in [0.15, 0.2) is 5.96 Å². The minimum absolute atomic E-state index is 0. The number of hydrogen-bond acceptors (Lipinski definition) is 3. The minimum atomic E-state index is 0. The first-order chi connectivity index (χ1) is 15.7. The van der Waals surface area contributed by atoms with Gasteiger partial charge in [0.1, 0.15) is 0 Å². The fourth-order valence-corrected chi connectivity index (χ4v) is 4.21. The maximum absolute atomic E-state index is 6.19. The molecule has 0 bridgehead atoms. The van der Waals surface area contributed by atoms with Gasteiger partial charge in [0.05, 0.1) is 24.7 Å². The van der Waals surface area contributed by atoms with Gasteiger partial charge in [0, 0.05) is 38.0 Å². The maximum atomic E-state index is 6.19. The Morgan fingerprint density at radius 2 is 1.97 bits per heavy atom. The molecular formula is C26H34IN5O. The van der Waals surface area contributed by atoms with Crippen molar-refractivity contribution in [1.82, 2.24) is 20.2 Å². The number of ether oxygens (including phenoxy) is 1. The van der Waals surface area contributed by atoms with Gasteiger partial charge in [-0.05, 0) is 43.9 Å². The van der Waals surface area contributed by atoms with Crippen molar-refractivity contribution in [3.63, 3.8) is 0 Å². The lowest BCUT2D eigenvalue weighted by atomic mass is 9.89. The van der Waals surface area contributed by atoms with Crippen LogP contribution in [0.3, 0.4) is 0 Å². The predicted octanol–water partition coefficient (Wildman–Crippen LogP) is 5.02. The van der Waals surface area contributed by atoms with Gasteiger partial charge in [-0.15, -0.1) is 24.0 Å². The zero-order chi connectivity index (χ0) is 22.2. The molecule has 2 N–H and O–H groups in total. The zero-order valence-electron chi connectivity index (χ0n) is 19.4. The molecule has 6 nitrogen and oxygen atoms in total. The number of halogens is 1. The van der Waals surface area contributed by atoms with Gasteiger partial charge in [0.2, 0.25) is 0 Å². The second-order valence-corrected chi connectivity index (χ2v) is 8.28. The number of hydrogen-bond donors (Lipinski definition) is 2. The Morgan fingerprint density at radius 1 is 1.15 bits per heavy atom. The van der Waals surface area contributed by atoms with E-state index in [0.29, 0.717) is 12.5 Å². The zero-order valence-corrected chi connectivity index (χ0v) is 21.7. The topological polar surface area (TPSA) is 63.5 Å². The smallest absolute Gasteiger partial charge is 0.191 e. The molecule has 2 atom stereocenters. The highest BCUT2D eigenvalue weighted by Crippen LogP contribution is 2.33. The molecule has 1 aliphatic heterocycles. The molecule has 1 saturated heterocycles. The van der Waals surface area contributed by atoms with Crippen LogP contribution in [0.4, 0.5) is 0 Å². The normalized spacial score (nSPS) is 18.4. The molecule has 33 heavy (non-hydrogen) atoms. The molecule has 2 heterocycles. The lowest BCUT2D eigenvalue weighted by Gasteiger charge is -2.32. The molecule has 2 unspecified atom stereocenters. The van der Waals surface area contributed by atoms with Crippen LogP contribution in [0.1, 0.15) is 42.6 Å². The molecule has 0 amide bonds. The molecule has 0 spiro atoms. The van der Waals surface area contributed by atoms with Gasteiger partial charge >= 0.3 is 0 Å². The van der Waals surface area contributed by atoms with Gasteiger partial charge < -0.3 is 19.9 Å². The fourth-order valence-electron chi connectivity index (χ4n) is 4.21. The molecule has 4 rings (SSSR count). The number of benzene rings is 2. The molecule has 0 radical (unpaired) electrons. The van der Waals surface area contributed by atoms with Crippen molar-refractivity contribution in [3.05, 3.63) is 83.9 Å². The first-order valence-electron chi connectivity index (χ1n) is 11.5. The third-order valence-corrected chi connectivity index (χ3v) is 5.91. The Morgan fingerprint density at radius 3 is 2.73 bits per heavy atom. The molecule has 1 aliphatic rings. The Kier molecular flexibility index (Phi) is 9.75.